The Bertz CT molecular complexity index is 1830. The zero-order valence-corrected chi connectivity index (χ0v) is 32.3. The van der Waals surface area contributed by atoms with Crippen molar-refractivity contribution in [3.8, 4) is 0 Å². The second-order valence-electron chi connectivity index (χ2n) is 17.5. The molecule has 0 bridgehead atoms. The average molecular weight is 663 g/mol. The highest BCUT2D eigenvalue weighted by Gasteiger charge is 2.45. The smallest absolute Gasteiger partial charge is 0.195 e. The summed E-state index contributed by atoms with van der Waals surface area (Å²) in [6.45, 7) is 25.1. The van der Waals surface area contributed by atoms with E-state index in [2.05, 4.69) is 200 Å². The third kappa shape index (κ3) is 7.00. The molecule has 0 atom stereocenters. The molecule has 2 nitrogen and oxygen atoms in total. The molecule has 0 saturated heterocycles. The highest BCUT2D eigenvalue weighted by atomic mass is 15.1. The lowest BCUT2D eigenvalue weighted by Crippen LogP contribution is -2.28. The van der Waals surface area contributed by atoms with Gasteiger partial charge in [-0.2, -0.15) is 9.15 Å². The van der Waals surface area contributed by atoms with Gasteiger partial charge in [0.05, 0.1) is 10.8 Å². The van der Waals surface area contributed by atoms with Gasteiger partial charge >= 0.3 is 0 Å². The molecule has 0 fully saturated rings. The number of unbranched alkanes of at least 4 members (excludes halogenated alkanes) is 1. The molecule has 4 aromatic rings. The number of fused-ring (bicyclic) bond motifs is 2. The van der Waals surface area contributed by atoms with Crippen LogP contribution in [0.1, 0.15) is 115 Å². The third-order valence-corrected chi connectivity index (χ3v) is 11.0. The molecular weight excluding hydrogens is 605 g/mol. The first-order valence-electron chi connectivity index (χ1n) is 18.6. The van der Waals surface area contributed by atoms with Crippen LogP contribution in [0.25, 0.3) is 12.2 Å². The van der Waals surface area contributed by atoms with Crippen LogP contribution < -0.4 is 0 Å². The second-order valence-corrected chi connectivity index (χ2v) is 17.5. The van der Waals surface area contributed by atoms with Gasteiger partial charge in [-0.3, -0.25) is 0 Å². The summed E-state index contributed by atoms with van der Waals surface area (Å²) in [4.78, 5) is 0. The van der Waals surface area contributed by atoms with E-state index in [9.17, 15) is 0 Å². The van der Waals surface area contributed by atoms with Crippen LogP contribution >= 0.6 is 0 Å². The first-order valence-corrected chi connectivity index (χ1v) is 18.6. The number of hydrogen-bond acceptors (Lipinski definition) is 0. The van der Waals surface area contributed by atoms with E-state index in [-0.39, 0.29) is 21.7 Å². The van der Waals surface area contributed by atoms with Crippen LogP contribution in [-0.4, -0.2) is 33.7 Å². The lowest BCUT2D eigenvalue weighted by atomic mass is 9.81. The number of hydrogen-bond donors (Lipinski definition) is 0. The Kier molecular flexibility index (Phi) is 9.55. The molecule has 0 unspecified atom stereocenters. The highest BCUT2D eigenvalue weighted by molar-refractivity contribution is 6.06. The molecule has 0 aromatic heterocycles. The molecule has 50 heavy (non-hydrogen) atoms. The lowest BCUT2D eigenvalue weighted by molar-refractivity contribution is -0.451. The Hall–Kier alpha value is -4.30. The molecule has 2 aliphatic heterocycles. The second kappa shape index (κ2) is 13.4. The van der Waals surface area contributed by atoms with Crippen molar-refractivity contribution in [2.75, 3.05) is 13.1 Å². The summed E-state index contributed by atoms with van der Waals surface area (Å²) in [6, 6.07) is 36.1. The van der Waals surface area contributed by atoms with Gasteiger partial charge in [0, 0.05) is 48.3 Å². The van der Waals surface area contributed by atoms with Crippen LogP contribution in [0.3, 0.4) is 0 Å². The fraction of sp³-hybridized carbons (Fsp3) is 0.375. The molecule has 0 radical (unpaired) electrons. The maximum absolute atomic E-state index is 2.59. The van der Waals surface area contributed by atoms with Crippen LogP contribution in [0.5, 0.6) is 0 Å². The summed E-state index contributed by atoms with van der Waals surface area (Å²) in [5, 5.41) is 0. The van der Waals surface area contributed by atoms with Gasteiger partial charge in [0.2, 0.25) is 11.4 Å². The van der Waals surface area contributed by atoms with Gasteiger partial charge in [0.1, 0.15) is 13.1 Å². The number of benzene rings is 4. The number of nitrogens with zero attached hydrogens (tertiary/aromatic N) is 2. The molecule has 0 saturated carbocycles. The topological polar surface area (TPSA) is 6.02 Å². The summed E-state index contributed by atoms with van der Waals surface area (Å²) < 4.78 is 5.17. The van der Waals surface area contributed by atoms with E-state index >= 15 is 0 Å². The zero-order chi connectivity index (χ0) is 35.9. The summed E-state index contributed by atoms with van der Waals surface area (Å²) in [6.07, 6.45) is 11.6. The fourth-order valence-corrected chi connectivity index (χ4v) is 7.84. The van der Waals surface area contributed by atoms with E-state index in [0.717, 1.165) is 25.9 Å². The summed E-state index contributed by atoms with van der Waals surface area (Å²) in [7, 11) is 0. The van der Waals surface area contributed by atoms with Crippen LogP contribution in [0.2, 0.25) is 0 Å². The van der Waals surface area contributed by atoms with Crippen molar-refractivity contribution in [1.82, 2.24) is 0 Å². The van der Waals surface area contributed by atoms with Crippen LogP contribution in [0.4, 0.5) is 11.4 Å². The molecule has 258 valence electrons. The number of rotatable bonds is 9. The Balaban J connectivity index is 1.25. The minimum absolute atomic E-state index is 0.0623. The minimum atomic E-state index is -0.0623. The van der Waals surface area contributed by atoms with Crippen LogP contribution in [0.15, 0.2) is 109 Å². The largest absolute Gasteiger partial charge is 0.209 e. The van der Waals surface area contributed by atoms with E-state index in [1.165, 1.54) is 56.2 Å². The Morgan fingerprint density at radius 1 is 0.460 bits per heavy atom. The summed E-state index contributed by atoms with van der Waals surface area (Å²) in [5.74, 6) is 0. The quantitative estimate of drug-likeness (QED) is 0.124. The van der Waals surface area contributed by atoms with Crippen molar-refractivity contribution < 1.29 is 9.15 Å². The standard InChI is InChI=1S/C48H58N2/c1-45(2,3)37-27-21-35(22-28-37)25-31-43-47(7,8)39-17-11-13-19-41(39)49(43)33-15-16-34-50-42-20-14-12-18-40(42)48(9,10)44(50)32-26-36-23-29-38(30-24-36)46(4,5)6/h11-14,17-32H,15-16,33-34H2,1-10H3/q+2. The van der Waals surface area contributed by atoms with Crippen molar-refractivity contribution in [2.45, 2.75) is 104 Å². The van der Waals surface area contributed by atoms with Crippen LogP contribution in [-0.2, 0) is 21.7 Å². The predicted molar refractivity (Wildman–Crippen MR) is 216 cm³/mol. The lowest BCUT2D eigenvalue weighted by Gasteiger charge is -2.19. The van der Waals surface area contributed by atoms with Crippen molar-refractivity contribution in [3.05, 3.63) is 143 Å². The van der Waals surface area contributed by atoms with Gasteiger partial charge in [-0.1, -0.05) is 126 Å². The number of allylic oxidation sites excluding steroid dienone is 2. The summed E-state index contributed by atoms with van der Waals surface area (Å²) in [5.41, 5.74) is 13.7. The number of para-hydroxylation sites is 2. The Morgan fingerprint density at radius 3 is 1.14 bits per heavy atom. The van der Waals surface area contributed by atoms with Gasteiger partial charge < -0.3 is 0 Å². The maximum atomic E-state index is 2.59. The molecular formula is C48H58N2+2. The van der Waals surface area contributed by atoms with Crippen molar-refractivity contribution in [1.29, 1.82) is 0 Å². The van der Waals surface area contributed by atoms with E-state index < -0.39 is 0 Å². The van der Waals surface area contributed by atoms with Crippen molar-refractivity contribution in [3.63, 3.8) is 0 Å². The van der Waals surface area contributed by atoms with E-state index in [0.29, 0.717) is 0 Å². The molecule has 0 spiro atoms. The van der Waals surface area contributed by atoms with Gasteiger partial charge in [-0.15, -0.1) is 0 Å². The summed E-state index contributed by atoms with van der Waals surface area (Å²) >= 11 is 0. The first-order chi connectivity index (χ1) is 23.6. The predicted octanol–water partition coefficient (Wildman–Crippen LogP) is 11.9. The third-order valence-electron chi connectivity index (χ3n) is 11.0. The van der Waals surface area contributed by atoms with Crippen molar-refractivity contribution >= 4 is 35.0 Å². The molecule has 0 amide bonds. The molecule has 2 aliphatic rings. The van der Waals surface area contributed by atoms with E-state index in [4.69, 9.17) is 0 Å². The normalized spacial score (nSPS) is 16.9. The molecule has 0 aliphatic carbocycles. The molecule has 4 aromatic carbocycles. The fourth-order valence-electron chi connectivity index (χ4n) is 7.84. The van der Waals surface area contributed by atoms with Gasteiger partial charge in [0.25, 0.3) is 0 Å². The van der Waals surface area contributed by atoms with Crippen LogP contribution in [0, 0.1) is 0 Å². The molecule has 0 N–H and O–H groups in total. The first kappa shape index (κ1) is 35.5. The van der Waals surface area contributed by atoms with Gasteiger partial charge in [-0.05, 0) is 72.9 Å². The average Bonchev–Trinajstić information content (AvgIpc) is 3.42. The van der Waals surface area contributed by atoms with Gasteiger partial charge in [0.15, 0.2) is 11.4 Å². The van der Waals surface area contributed by atoms with Crippen molar-refractivity contribution in [2.24, 2.45) is 0 Å². The Labute approximate surface area is 302 Å². The minimum Gasteiger partial charge on any atom is -0.195 e. The molecule has 6 rings (SSSR count). The monoisotopic (exact) mass is 662 g/mol. The van der Waals surface area contributed by atoms with Gasteiger partial charge in [-0.25, -0.2) is 0 Å². The zero-order valence-electron chi connectivity index (χ0n) is 32.3. The SMILES string of the molecule is CC(C)(C)c1ccc(C=CC2=[N+](CCCC[N+]3=C(C=Cc4ccc(C(C)(C)C)cc4)C(C)(C)c4ccccc43)c3ccccc3C2(C)C)cc1. The Morgan fingerprint density at radius 2 is 0.800 bits per heavy atom. The molecule has 2 heteroatoms. The highest BCUT2D eigenvalue weighted by Crippen LogP contribution is 2.42. The molecule has 2 heterocycles. The maximum Gasteiger partial charge on any atom is 0.209 e. The van der Waals surface area contributed by atoms with E-state index in [1.54, 1.807) is 0 Å². The van der Waals surface area contributed by atoms with E-state index in [1.807, 2.05) is 0 Å².